The van der Waals surface area contributed by atoms with Gasteiger partial charge in [0.05, 0.1) is 6.04 Å². The summed E-state index contributed by atoms with van der Waals surface area (Å²) in [6, 6.07) is 0.102. The van der Waals surface area contributed by atoms with E-state index in [1.165, 1.54) is 12.7 Å². The molecule has 1 fully saturated rings. The van der Waals surface area contributed by atoms with Crippen LogP contribution in [0.1, 0.15) is 18.3 Å². The predicted molar refractivity (Wildman–Crippen MR) is 47.1 cm³/mol. The zero-order valence-corrected chi connectivity index (χ0v) is 7.35. The zero-order chi connectivity index (χ0) is 8.93. The second-order valence-corrected chi connectivity index (χ2v) is 2.98. The third-order valence-corrected chi connectivity index (χ3v) is 2.01. The molecule has 1 atom stereocenters. The second kappa shape index (κ2) is 4.25. The molecule has 1 unspecified atom stereocenters. The Morgan fingerprint density at radius 1 is 1.31 bits per heavy atom. The van der Waals surface area contributed by atoms with Crippen molar-refractivity contribution >= 4 is 0 Å². The summed E-state index contributed by atoms with van der Waals surface area (Å²) < 4.78 is 0. The Hall–Kier alpha value is -1.07. The van der Waals surface area contributed by atoms with Gasteiger partial charge < -0.3 is 5.32 Å². The van der Waals surface area contributed by atoms with Gasteiger partial charge in [-0.2, -0.15) is 0 Å². The monoisotopic (exact) mass is 178 g/mol. The Bertz CT molecular complexity index is 242. The molecule has 5 nitrogen and oxygen atoms in total. The molecule has 1 aliphatic heterocycles. The molecule has 0 aliphatic carbocycles. The van der Waals surface area contributed by atoms with E-state index >= 15 is 0 Å². The number of hydrogen-bond acceptors (Lipinski definition) is 4. The van der Waals surface area contributed by atoms with Crippen LogP contribution in [-0.4, -0.2) is 34.6 Å². The van der Waals surface area contributed by atoms with E-state index in [4.69, 9.17) is 0 Å². The summed E-state index contributed by atoms with van der Waals surface area (Å²) in [5.41, 5.74) is 0. The molecule has 0 spiro atoms. The van der Waals surface area contributed by atoms with Crippen molar-refractivity contribution in [2.24, 2.45) is 0 Å². The molecule has 1 aromatic heterocycles. The topological polar surface area (TPSA) is 64.8 Å². The van der Waals surface area contributed by atoms with E-state index in [0.717, 1.165) is 31.9 Å². The van der Waals surface area contributed by atoms with Crippen LogP contribution in [0.5, 0.6) is 0 Å². The minimum atomic E-state index is 0.102. The third-order valence-electron chi connectivity index (χ3n) is 2.01. The van der Waals surface area contributed by atoms with Crippen LogP contribution in [0.3, 0.4) is 0 Å². The molecule has 2 heterocycles. The largest absolute Gasteiger partial charge is 0.315 e. The molecule has 13 heavy (non-hydrogen) atoms. The summed E-state index contributed by atoms with van der Waals surface area (Å²) in [6.07, 6.45) is 4.13. The van der Waals surface area contributed by atoms with Crippen molar-refractivity contribution < 1.29 is 0 Å². The SMILES string of the molecule is c1ncnc(C2CNCCC[N]2)n1. The fourth-order valence-electron chi connectivity index (χ4n) is 1.35. The maximum absolute atomic E-state index is 4.48. The molecule has 69 valence electrons. The van der Waals surface area contributed by atoms with Gasteiger partial charge in [0.25, 0.3) is 0 Å². The highest BCUT2D eigenvalue weighted by molar-refractivity contribution is 4.93. The lowest BCUT2D eigenvalue weighted by atomic mass is 10.3. The summed E-state index contributed by atoms with van der Waals surface area (Å²) in [5.74, 6) is 0.768. The average Bonchev–Trinajstić information content (AvgIpc) is 2.47. The molecule has 1 radical (unpaired) electrons. The van der Waals surface area contributed by atoms with Gasteiger partial charge in [0.2, 0.25) is 0 Å². The Kier molecular flexibility index (Phi) is 2.79. The van der Waals surface area contributed by atoms with Gasteiger partial charge in [-0.25, -0.2) is 20.3 Å². The zero-order valence-electron chi connectivity index (χ0n) is 7.35. The maximum Gasteiger partial charge on any atom is 0.151 e. The molecule has 1 aliphatic rings. The number of nitrogens with zero attached hydrogens (tertiary/aromatic N) is 4. The van der Waals surface area contributed by atoms with Crippen LogP contribution in [0.25, 0.3) is 0 Å². The summed E-state index contributed by atoms with van der Waals surface area (Å²) in [4.78, 5) is 12.0. The van der Waals surface area contributed by atoms with Gasteiger partial charge in [-0.15, -0.1) is 0 Å². The van der Waals surface area contributed by atoms with Crippen LogP contribution >= 0.6 is 0 Å². The van der Waals surface area contributed by atoms with Crippen molar-refractivity contribution in [1.82, 2.24) is 25.6 Å². The van der Waals surface area contributed by atoms with Crippen LogP contribution < -0.4 is 10.6 Å². The molecule has 0 amide bonds. The van der Waals surface area contributed by atoms with Gasteiger partial charge in [0.1, 0.15) is 12.7 Å². The normalized spacial score (nSPS) is 23.8. The van der Waals surface area contributed by atoms with Gasteiger partial charge in [-0.3, -0.25) is 0 Å². The highest BCUT2D eigenvalue weighted by atomic mass is 15.1. The highest BCUT2D eigenvalue weighted by Gasteiger charge is 2.16. The summed E-state index contributed by atoms with van der Waals surface area (Å²) in [5, 5.41) is 7.78. The smallest absolute Gasteiger partial charge is 0.151 e. The molecule has 1 N–H and O–H groups in total. The van der Waals surface area contributed by atoms with Crippen LogP contribution in [-0.2, 0) is 0 Å². The lowest BCUT2D eigenvalue weighted by Gasteiger charge is -2.10. The molecular weight excluding hydrogens is 166 g/mol. The summed E-state index contributed by atoms with van der Waals surface area (Å²) in [7, 11) is 0. The Labute approximate surface area is 77.0 Å². The van der Waals surface area contributed by atoms with E-state index in [2.05, 4.69) is 25.6 Å². The van der Waals surface area contributed by atoms with Gasteiger partial charge in [0.15, 0.2) is 5.82 Å². The van der Waals surface area contributed by atoms with E-state index in [1.807, 2.05) is 0 Å². The van der Waals surface area contributed by atoms with E-state index in [0.29, 0.717) is 0 Å². The quantitative estimate of drug-likeness (QED) is 0.630. The van der Waals surface area contributed by atoms with Crippen LogP contribution in [0.4, 0.5) is 0 Å². The van der Waals surface area contributed by atoms with Crippen molar-refractivity contribution in [1.29, 1.82) is 0 Å². The van der Waals surface area contributed by atoms with E-state index in [1.54, 1.807) is 0 Å². The van der Waals surface area contributed by atoms with Crippen molar-refractivity contribution in [2.45, 2.75) is 12.5 Å². The standard InChI is InChI=1S/C8H12N5/c1-2-9-4-7(11-3-1)8-12-5-10-6-13-8/h5-7,9H,1-4H2. The first-order valence-corrected chi connectivity index (χ1v) is 4.46. The summed E-state index contributed by atoms with van der Waals surface area (Å²) in [6.45, 7) is 2.76. The predicted octanol–water partition coefficient (Wildman–Crippen LogP) is -0.490. The van der Waals surface area contributed by atoms with Crippen molar-refractivity contribution in [3.05, 3.63) is 18.5 Å². The lowest BCUT2D eigenvalue weighted by Crippen LogP contribution is -2.25. The number of aromatic nitrogens is 3. The van der Waals surface area contributed by atoms with Gasteiger partial charge >= 0.3 is 0 Å². The van der Waals surface area contributed by atoms with Crippen LogP contribution in [0, 0.1) is 0 Å². The fourth-order valence-corrected chi connectivity index (χ4v) is 1.35. The highest BCUT2D eigenvalue weighted by Crippen LogP contribution is 2.07. The first-order chi connectivity index (χ1) is 6.47. The molecular formula is C8H12N5. The minimum Gasteiger partial charge on any atom is -0.315 e. The number of rotatable bonds is 1. The van der Waals surface area contributed by atoms with Crippen LogP contribution in [0.2, 0.25) is 0 Å². The Balaban J connectivity index is 2.06. The van der Waals surface area contributed by atoms with Crippen molar-refractivity contribution in [3.63, 3.8) is 0 Å². The van der Waals surface area contributed by atoms with Gasteiger partial charge in [0, 0.05) is 13.1 Å². The molecule has 2 rings (SSSR count). The molecule has 0 saturated carbocycles. The first kappa shape index (κ1) is 8.52. The lowest BCUT2D eigenvalue weighted by molar-refractivity contribution is 0.512. The second-order valence-electron chi connectivity index (χ2n) is 2.98. The first-order valence-electron chi connectivity index (χ1n) is 4.46. The number of nitrogens with one attached hydrogen (secondary N) is 1. The fraction of sp³-hybridized carbons (Fsp3) is 0.625. The van der Waals surface area contributed by atoms with Crippen molar-refractivity contribution in [3.8, 4) is 0 Å². The molecule has 0 bridgehead atoms. The van der Waals surface area contributed by atoms with E-state index in [-0.39, 0.29) is 6.04 Å². The summed E-state index contributed by atoms with van der Waals surface area (Å²) >= 11 is 0. The molecule has 0 aromatic carbocycles. The van der Waals surface area contributed by atoms with E-state index in [9.17, 15) is 0 Å². The Morgan fingerprint density at radius 2 is 2.15 bits per heavy atom. The molecule has 1 aromatic rings. The van der Waals surface area contributed by atoms with Gasteiger partial charge in [-0.1, -0.05) is 0 Å². The van der Waals surface area contributed by atoms with Crippen LogP contribution in [0.15, 0.2) is 12.7 Å². The third kappa shape index (κ3) is 2.19. The maximum atomic E-state index is 4.48. The molecule has 5 heteroatoms. The average molecular weight is 178 g/mol. The molecule has 1 saturated heterocycles. The number of hydrogen-bond donors (Lipinski definition) is 1. The van der Waals surface area contributed by atoms with E-state index < -0.39 is 0 Å². The Morgan fingerprint density at radius 3 is 3.00 bits per heavy atom. The van der Waals surface area contributed by atoms with Crippen molar-refractivity contribution in [2.75, 3.05) is 19.6 Å². The minimum absolute atomic E-state index is 0.102. The van der Waals surface area contributed by atoms with Gasteiger partial charge in [-0.05, 0) is 13.0 Å².